The molecule has 1 heterocycles. The zero-order valence-corrected chi connectivity index (χ0v) is 10.5. The molecule has 0 bridgehead atoms. The first-order valence-electron chi connectivity index (χ1n) is 6.27. The molecule has 0 aromatic heterocycles. The number of alkyl halides is 3. The number of anilines is 1. The van der Waals surface area contributed by atoms with Crippen LogP contribution in [0.1, 0.15) is 18.4 Å². The van der Waals surface area contributed by atoms with Crippen LogP contribution in [-0.4, -0.2) is 24.2 Å². The van der Waals surface area contributed by atoms with Gasteiger partial charge in [0.25, 0.3) is 5.91 Å². The van der Waals surface area contributed by atoms with Crippen LogP contribution >= 0.6 is 0 Å². The number of halogens is 3. The second-order valence-corrected chi connectivity index (χ2v) is 5.10. The van der Waals surface area contributed by atoms with Crippen molar-refractivity contribution >= 4 is 11.6 Å². The number of rotatable bonds is 3. The summed E-state index contributed by atoms with van der Waals surface area (Å²) in [5.74, 6) is 0.266. The highest BCUT2D eigenvalue weighted by molar-refractivity contribution is 5.95. The molecule has 1 fully saturated rings. The molecule has 1 saturated carbocycles. The molecule has 3 rings (SSSR count). The highest BCUT2D eigenvalue weighted by Gasteiger charge is 2.62. The molecular weight excluding hydrogens is 273 g/mol. The van der Waals surface area contributed by atoms with Gasteiger partial charge in [-0.3, -0.25) is 10.1 Å². The maximum atomic E-state index is 12.8. The molecule has 1 amide bonds. The fraction of sp³-hybridized carbons (Fsp3) is 0.462. The van der Waals surface area contributed by atoms with E-state index in [-0.39, 0.29) is 31.9 Å². The quantitative estimate of drug-likeness (QED) is 0.895. The molecule has 20 heavy (non-hydrogen) atoms. The second kappa shape index (κ2) is 4.37. The van der Waals surface area contributed by atoms with E-state index in [0.29, 0.717) is 17.0 Å². The number of ether oxygens (including phenoxy) is 1. The van der Waals surface area contributed by atoms with Gasteiger partial charge in [0.05, 0.1) is 5.69 Å². The van der Waals surface area contributed by atoms with Crippen LogP contribution in [0, 0.1) is 0 Å². The van der Waals surface area contributed by atoms with Gasteiger partial charge in [-0.25, -0.2) is 0 Å². The molecule has 4 nitrogen and oxygen atoms in total. The molecule has 1 aliphatic heterocycles. The van der Waals surface area contributed by atoms with Gasteiger partial charge in [0, 0.05) is 6.54 Å². The molecule has 0 saturated heterocycles. The average Bonchev–Trinajstić information content (AvgIpc) is 3.16. The number of hydrogen-bond donors (Lipinski definition) is 2. The first kappa shape index (κ1) is 13.2. The summed E-state index contributed by atoms with van der Waals surface area (Å²) in [6, 6.07) is 4.97. The summed E-state index contributed by atoms with van der Waals surface area (Å²) in [6.45, 7) is 0.0600. The zero-order valence-electron chi connectivity index (χ0n) is 10.5. The van der Waals surface area contributed by atoms with Crippen molar-refractivity contribution in [3.05, 3.63) is 23.8 Å². The van der Waals surface area contributed by atoms with Gasteiger partial charge in [0.2, 0.25) is 0 Å². The van der Waals surface area contributed by atoms with Gasteiger partial charge in [-0.1, -0.05) is 6.07 Å². The third kappa shape index (κ3) is 2.33. The van der Waals surface area contributed by atoms with E-state index in [1.807, 2.05) is 0 Å². The number of fused-ring (bicyclic) bond motifs is 1. The van der Waals surface area contributed by atoms with E-state index in [4.69, 9.17) is 4.74 Å². The molecule has 2 N–H and O–H groups in total. The van der Waals surface area contributed by atoms with Crippen molar-refractivity contribution < 1.29 is 22.7 Å². The third-order valence-electron chi connectivity index (χ3n) is 3.60. The SMILES string of the molecule is O=C1COc2ccc(CNC3(C(F)(F)F)CC3)cc2N1. The number of nitrogens with one attached hydrogen (secondary N) is 2. The highest BCUT2D eigenvalue weighted by atomic mass is 19.4. The van der Waals surface area contributed by atoms with Gasteiger partial charge in [-0.05, 0) is 30.5 Å². The van der Waals surface area contributed by atoms with Gasteiger partial charge in [0.1, 0.15) is 11.3 Å². The second-order valence-electron chi connectivity index (χ2n) is 5.10. The first-order valence-corrected chi connectivity index (χ1v) is 6.27. The number of amides is 1. The molecule has 0 radical (unpaired) electrons. The third-order valence-corrected chi connectivity index (χ3v) is 3.60. The van der Waals surface area contributed by atoms with E-state index in [2.05, 4.69) is 10.6 Å². The number of carbonyl (C=O) groups is 1. The Bertz CT molecular complexity index is 553. The Labute approximate surface area is 113 Å². The summed E-state index contributed by atoms with van der Waals surface area (Å²) >= 11 is 0. The van der Waals surface area contributed by atoms with E-state index >= 15 is 0 Å². The lowest BCUT2D eigenvalue weighted by Gasteiger charge is -2.22. The lowest BCUT2D eigenvalue weighted by Crippen LogP contribution is -2.44. The van der Waals surface area contributed by atoms with Gasteiger partial charge in [-0.2, -0.15) is 13.2 Å². The van der Waals surface area contributed by atoms with Gasteiger partial charge >= 0.3 is 6.18 Å². The Morgan fingerprint density at radius 3 is 2.75 bits per heavy atom. The largest absolute Gasteiger partial charge is 0.482 e. The minimum absolute atomic E-state index is 0.0399. The van der Waals surface area contributed by atoms with Crippen LogP contribution in [-0.2, 0) is 11.3 Å². The van der Waals surface area contributed by atoms with Crippen LogP contribution in [0.2, 0.25) is 0 Å². The van der Waals surface area contributed by atoms with E-state index in [1.165, 1.54) is 0 Å². The number of hydrogen-bond acceptors (Lipinski definition) is 3. The molecule has 2 aliphatic rings. The first-order chi connectivity index (χ1) is 9.40. The Morgan fingerprint density at radius 1 is 1.35 bits per heavy atom. The molecule has 1 aromatic carbocycles. The summed E-state index contributed by atoms with van der Waals surface area (Å²) in [7, 11) is 0. The predicted octanol–water partition coefficient (Wildman–Crippen LogP) is 2.20. The molecule has 1 aliphatic carbocycles. The Balaban J connectivity index is 1.70. The van der Waals surface area contributed by atoms with Gasteiger partial charge in [-0.15, -0.1) is 0 Å². The fourth-order valence-corrected chi connectivity index (χ4v) is 2.20. The summed E-state index contributed by atoms with van der Waals surface area (Å²) in [4.78, 5) is 11.2. The monoisotopic (exact) mass is 286 g/mol. The van der Waals surface area contributed by atoms with Crippen molar-refractivity contribution in [2.24, 2.45) is 0 Å². The van der Waals surface area contributed by atoms with Crippen LogP contribution in [0.3, 0.4) is 0 Å². The lowest BCUT2D eigenvalue weighted by molar-refractivity contribution is -0.166. The maximum absolute atomic E-state index is 12.8. The van der Waals surface area contributed by atoms with E-state index < -0.39 is 11.7 Å². The van der Waals surface area contributed by atoms with Gasteiger partial charge < -0.3 is 10.1 Å². The van der Waals surface area contributed by atoms with Crippen molar-refractivity contribution in [1.29, 1.82) is 0 Å². The number of benzene rings is 1. The molecular formula is C13H13F3N2O2. The van der Waals surface area contributed by atoms with Crippen molar-refractivity contribution in [3.8, 4) is 5.75 Å². The van der Waals surface area contributed by atoms with E-state index in [0.717, 1.165) is 0 Å². The van der Waals surface area contributed by atoms with Crippen molar-refractivity contribution in [2.45, 2.75) is 31.1 Å². The summed E-state index contributed by atoms with van der Waals surface area (Å²) in [5.41, 5.74) is -0.565. The van der Waals surface area contributed by atoms with E-state index in [9.17, 15) is 18.0 Å². The van der Waals surface area contributed by atoms with E-state index in [1.54, 1.807) is 18.2 Å². The molecule has 108 valence electrons. The minimum Gasteiger partial charge on any atom is -0.482 e. The molecule has 0 unspecified atom stereocenters. The molecule has 0 atom stereocenters. The molecule has 0 spiro atoms. The van der Waals surface area contributed by atoms with Crippen molar-refractivity contribution in [2.75, 3.05) is 11.9 Å². The fourth-order valence-electron chi connectivity index (χ4n) is 2.20. The minimum atomic E-state index is -4.22. The standard InChI is InChI=1S/C13H13F3N2O2/c14-13(15,16)12(3-4-12)17-6-8-1-2-10-9(5-8)18-11(19)7-20-10/h1-2,5,17H,3-4,6-7H2,(H,18,19). The average molecular weight is 286 g/mol. The Kier molecular flexibility index (Phi) is 2.89. The maximum Gasteiger partial charge on any atom is 0.406 e. The summed E-state index contributed by atoms with van der Waals surface area (Å²) in [6.07, 6.45) is -4.00. The number of carbonyl (C=O) groups excluding carboxylic acids is 1. The van der Waals surface area contributed by atoms with Crippen molar-refractivity contribution in [1.82, 2.24) is 5.32 Å². The van der Waals surface area contributed by atoms with Gasteiger partial charge in [0.15, 0.2) is 6.61 Å². The summed E-state index contributed by atoms with van der Waals surface area (Å²) in [5, 5.41) is 5.20. The molecule has 7 heteroatoms. The lowest BCUT2D eigenvalue weighted by atomic mass is 10.1. The predicted molar refractivity (Wildman–Crippen MR) is 65.4 cm³/mol. The molecule has 1 aromatic rings. The Morgan fingerprint density at radius 2 is 2.10 bits per heavy atom. The van der Waals surface area contributed by atoms with Crippen LogP contribution in [0.4, 0.5) is 18.9 Å². The normalized spacial score (nSPS) is 19.9. The van der Waals surface area contributed by atoms with Crippen molar-refractivity contribution in [3.63, 3.8) is 0 Å². The summed E-state index contributed by atoms with van der Waals surface area (Å²) < 4.78 is 43.5. The smallest absolute Gasteiger partial charge is 0.406 e. The Hall–Kier alpha value is -1.76. The van der Waals surface area contributed by atoms with Crippen LogP contribution < -0.4 is 15.4 Å². The van der Waals surface area contributed by atoms with Crippen LogP contribution in [0.5, 0.6) is 5.75 Å². The van der Waals surface area contributed by atoms with Crippen LogP contribution in [0.15, 0.2) is 18.2 Å². The highest BCUT2D eigenvalue weighted by Crippen LogP contribution is 2.49. The topological polar surface area (TPSA) is 50.4 Å². The zero-order chi connectivity index (χ0) is 14.4. The van der Waals surface area contributed by atoms with Crippen LogP contribution in [0.25, 0.3) is 0 Å².